The zero-order chi connectivity index (χ0) is 15.4. The van der Waals surface area contributed by atoms with Crippen LogP contribution in [0.25, 0.3) is 0 Å². The van der Waals surface area contributed by atoms with Crippen LogP contribution in [0, 0.1) is 11.3 Å². The molecule has 3 nitrogen and oxygen atoms in total. The van der Waals surface area contributed by atoms with Crippen molar-refractivity contribution in [3.05, 3.63) is 57.8 Å². The maximum absolute atomic E-state index is 10.4. The van der Waals surface area contributed by atoms with Crippen molar-refractivity contribution < 1.29 is 5.11 Å². The summed E-state index contributed by atoms with van der Waals surface area (Å²) < 4.78 is 0. The second kappa shape index (κ2) is 7.06. The lowest BCUT2D eigenvalue weighted by molar-refractivity contribution is 0.120. The van der Waals surface area contributed by atoms with Gasteiger partial charge < -0.3 is 5.11 Å². The van der Waals surface area contributed by atoms with E-state index in [4.69, 9.17) is 0 Å². The molecule has 2 unspecified atom stereocenters. The van der Waals surface area contributed by atoms with Gasteiger partial charge in [-0.05, 0) is 48.9 Å². The van der Waals surface area contributed by atoms with Gasteiger partial charge in [-0.2, -0.15) is 5.26 Å². The third-order valence-electron chi connectivity index (χ3n) is 4.38. The Balaban J connectivity index is 1.67. The Kier molecular flexibility index (Phi) is 4.89. The third kappa shape index (κ3) is 3.38. The van der Waals surface area contributed by atoms with Crippen LogP contribution < -0.4 is 0 Å². The minimum atomic E-state index is -0.378. The molecule has 0 bridgehead atoms. The van der Waals surface area contributed by atoms with Crippen molar-refractivity contribution in [1.82, 2.24) is 4.90 Å². The zero-order valence-corrected chi connectivity index (χ0v) is 13.3. The van der Waals surface area contributed by atoms with Gasteiger partial charge in [0.1, 0.15) is 0 Å². The van der Waals surface area contributed by atoms with E-state index in [9.17, 15) is 10.4 Å². The summed E-state index contributed by atoms with van der Waals surface area (Å²) in [6, 6.07) is 14.5. The van der Waals surface area contributed by atoms with Crippen molar-refractivity contribution in [3.8, 4) is 6.07 Å². The number of thiophene rings is 1. The van der Waals surface area contributed by atoms with E-state index < -0.39 is 0 Å². The molecule has 0 amide bonds. The van der Waals surface area contributed by atoms with Gasteiger partial charge >= 0.3 is 0 Å². The summed E-state index contributed by atoms with van der Waals surface area (Å²) in [6.07, 6.45) is 2.68. The molecule has 1 saturated heterocycles. The van der Waals surface area contributed by atoms with E-state index >= 15 is 0 Å². The largest absolute Gasteiger partial charge is 0.388 e. The summed E-state index contributed by atoms with van der Waals surface area (Å²) in [5.41, 5.74) is 1.84. The van der Waals surface area contributed by atoms with Crippen molar-refractivity contribution >= 4 is 11.3 Å². The number of nitriles is 1. The van der Waals surface area contributed by atoms with Gasteiger partial charge in [0.15, 0.2) is 0 Å². The molecule has 1 aromatic carbocycles. The molecule has 0 spiro atoms. The molecule has 2 aromatic rings. The highest BCUT2D eigenvalue weighted by atomic mass is 32.1. The van der Waals surface area contributed by atoms with E-state index in [1.54, 1.807) is 11.3 Å². The Morgan fingerprint density at radius 1 is 1.32 bits per heavy atom. The summed E-state index contributed by atoms with van der Waals surface area (Å²) >= 11 is 1.61. The van der Waals surface area contributed by atoms with Gasteiger partial charge in [-0.3, -0.25) is 4.90 Å². The minimum Gasteiger partial charge on any atom is -0.388 e. The van der Waals surface area contributed by atoms with Crippen LogP contribution in [0.2, 0.25) is 0 Å². The Morgan fingerprint density at radius 2 is 2.18 bits per heavy atom. The van der Waals surface area contributed by atoms with Crippen LogP contribution >= 0.6 is 11.3 Å². The molecule has 0 aliphatic carbocycles. The molecule has 1 aliphatic heterocycles. The number of nitrogens with zero attached hydrogens (tertiary/aromatic N) is 2. The number of aliphatic hydroxyl groups excluding tert-OH is 1. The first kappa shape index (κ1) is 15.2. The fraction of sp³-hybridized carbons (Fsp3) is 0.389. The first-order chi connectivity index (χ1) is 10.8. The van der Waals surface area contributed by atoms with Crippen LogP contribution in [0.3, 0.4) is 0 Å². The van der Waals surface area contributed by atoms with E-state index in [1.165, 1.54) is 0 Å². The lowest BCUT2D eigenvalue weighted by Crippen LogP contribution is -2.30. The minimum absolute atomic E-state index is 0.378. The first-order valence-corrected chi connectivity index (χ1v) is 8.59. The number of aliphatic hydroxyl groups is 1. The van der Waals surface area contributed by atoms with Crippen LogP contribution in [-0.4, -0.2) is 22.6 Å². The highest BCUT2D eigenvalue weighted by molar-refractivity contribution is 7.10. The average molecular weight is 312 g/mol. The fourth-order valence-corrected chi connectivity index (χ4v) is 3.94. The molecule has 114 valence electrons. The third-order valence-corrected chi connectivity index (χ3v) is 5.35. The molecule has 1 aliphatic rings. The number of hydrogen-bond donors (Lipinski definition) is 1. The molecular formula is C18H20N2OS. The van der Waals surface area contributed by atoms with Crippen molar-refractivity contribution in [2.24, 2.45) is 0 Å². The Bertz CT molecular complexity index is 647. The number of benzene rings is 1. The van der Waals surface area contributed by atoms with Crippen molar-refractivity contribution in [2.75, 3.05) is 6.54 Å². The highest BCUT2D eigenvalue weighted by Gasteiger charge is 2.27. The maximum Gasteiger partial charge on any atom is 0.0995 e. The quantitative estimate of drug-likeness (QED) is 0.915. The first-order valence-electron chi connectivity index (χ1n) is 7.71. The lowest BCUT2D eigenvalue weighted by Gasteiger charge is -2.26. The van der Waals surface area contributed by atoms with E-state index in [0.717, 1.165) is 48.4 Å². The van der Waals surface area contributed by atoms with Crippen molar-refractivity contribution in [1.29, 1.82) is 5.26 Å². The van der Waals surface area contributed by atoms with Crippen LogP contribution in [0.1, 0.15) is 41.4 Å². The average Bonchev–Trinajstić information content (AvgIpc) is 3.20. The zero-order valence-electron chi connectivity index (χ0n) is 12.5. The molecule has 2 heterocycles. The second-order valence-corrected chi connectivity index (χ2v) is 6.78. The van der Waals surface area contributed by atoms with Crippen molar-refractivity contribution in [2.45, 2.75) is 38.0 Å². The van der Waals surface area contributed by atoms with E-state index in [1.807, 2.05) is 41.8 Å². The standard InChI is InChI=1S/C18H20N2OS/c19-12-14-5-1-2-6-15(14)13-20-9-3-7-16(20)11-17(21)18-8-4-10-22-18/h1-2,4-6,8,10,16-17,21H,3,7,9,11,13H2. The number of hydrogen-bond acceptors (Lipinski definition) is 4. The molecule has 0 saturated carbocycles. The van der Waals surface area contributed by atoms with E-state index in [2.05, 4.69) is 11.0 Å². The van der Waals surface area contributed by atoms with Crippen molar-refractivity contribution in [3.63, 3.8) is 0 Å². The van der Waals surface area contributed by atoms with Gasteiger partial charge in [0.05, 0.1) is 17.7 Å². The van der Waals surface area contributed by atoms with Crippen LogP contribution in [0.4, 0.5) is 0 Å². The molecular weight excluding hydrogens is 292 g/mol. The summed E-state index contributed by atoms with van der Waals surface area (Å²) in [5.74, 6) is 0. The molecule has 4 heteroatoms. The molecule has 22 heavy (non-hydrogen) atoms. The Morgan fingerprint density at radius 3 is 2.95 bits per heavy atom. The molecule has 0 radical (unpaired) electrons. The molecule has 3 rings (SSSR count). The molecule has 2 atom stereocenters. The maximum atomic E-state index is 10.4. The van der Waals surface area contributed by atoms with Crippen LogP contribution in [0.15, 0.2) is 41.8 Å². The molecule has 1 aromatic heterocycles. The summed E-state index contributed by atoms with van der Waals surface area (Å²) in [6.45, 7) is 1.84. The normalized spacial score (nSPS) is 19.9. The van der Waals surface area contributed by atoms with Gasteiger partial charge in [0.25, 0.3) is 0 Å². The van der Waals surface area contributed by atoms with Gasteiger partial charge in [0, 0.05) is 17.5 Å². The summed E-state index contributed by atoms with van der Waals surface area (Å²) in [7, 11) is 0. The van der Waals surface area contributed by atoms with Crippen LogP contribution in [-0.2, 0) is 6.54 Å². The molecule has 1 fully saturated rings. The predicted octanol–water partition coefficient (Wildman–Crippen LogP) is 3.71. The van der Waals surface area contributed by atoms with Gasteiger partial charge in [-0.1, -0.05) is 24.3 Å². The van der Waals surface area contributed by atoms with Gasteiger partial charge in [0.2, 0.25) is 0 Å². The fourth-order valence-electron chi connectivity index (χ4n) is 3.21. The lowest BCUT2D eigenvalue weighted by atomic mass is 10.0. The highest BCUT2D eigenvalue weighted by Crippen LogP contribution is 2.30. The second-order valence-electron chi connectivity index (χ2n) is 5.80. The predicted molar refractivity (Wildman–Crippen MR) is 88.5 cm³/mol. The summed E-state index contributed by atoms with van der Waals surface area (Å²) in [5, 5.41) is 21.6. The number of likely N-dealkylation sites (tertiary alicyclic amines) is 1. The van der Waals surface area contributed by atoms with Crippen LogP contribution in [0.5, 0.6) is 0 Å². The topological polar surface area (TPSA) is 47.3 Å². The molecule has 1 N–H and O–H groups in total. The smallest absolute Gasteiger partial charge is 0.0995 e. The Hall–Kier alpha value is -1.67. The van der Waals surface area contributed by atoms with Gasteiger partial charge in [-0.15, -0.1) is 11.3 Å². The van der Waals surface area contributed by atoms with Gasteiger partial charge in [-0.25, -0.2) is 0 Å². The monoisotopic (exact) mass is 312 g/mol. The van der Waals surface area contributed by atoms with E-state index in [-0.39, 0.29) is 6.10 Å². The summed E-state index contributed by atoms with van der Waals surface area (Å²) in [4.78, 5) is 3.46. The Labute approximate surface area is 135 Å². The number of rotatable bonds is 5. The van der Waals surface area contributed by atoms with E-state index in [0.29, 0.717) is 6.04 Å². The SMILES string of the molecule is N#Cc1ccccc1CN1CCCC1CC(O)c1cccs1.